The number of ether oxygens (including phenoxy) is 2. The molecular formula is C33H38N2O3. The van der Waals surface area contributed by atoms with E-state index in [0.717, 1.165) is 35.6 Å². The Morgan fingerprint density at radius 3 is 2.68 bits per heavy atom. The number of oxazole rings is 1. The normalized spacial score (nSPS) is 16.4. The highest BCUT2D eigenvalue weighted by atomic mass is 16.5. The van der Waals surface area contributed by atoms with Gasteiger partial charge in [-0.05, 0) is 80.3 Å². The summed E-state index contributed by atoms with van der Waals surface area (Å²) < 4.78 is 17.9. The highest BCUT2D eigenvalue weighted by molar-refractivity contribution is 5.72. The van der Waals surface area contributed by atoms with Gasteiger partial charge in [0.1, 0.15) is 17.6 Å². The molecule has 1 unspecified atom stereocenters. The molecule has 2 aliphatic carbocycles. The minimum Gasteiger partial charge on any atom is -0.493 e. The van der Waals surface area contributed by atoms with Gasteiger partial charge in [-0.15, -0.1) is 0 Å². The monoisotopic (exact) mass is 510 g/mol. The fourth-order valence-corrected chi connectivity index (χ4v) is 5.87. The number of hydrogen-bond donors (Lipinski definition) is 0. The van der Waals surface area contributed by atoms with Crippen LogP contribution in [0.25, 0.3) is 17.0 Å². The summed E-state index contributed by atoms with van der Waals surface area (Å²) in [5.41, 5.74) is 6.96. The maximum Gasteiger partial charge on any atom is 0.226 e. The van der Waals surface area contributed by atoms with E-state index in [1.807, 2.05) is 26.0 Å². The number of aromatic nitrogens is 1. The molecule has 2 aromatic carbocycles. The van der Waals surface area contributed by atoms with Crippen molar-refractivity contribution in [3.63, 3.8) is 0 Å². The zero-order valence-electron chi connectivity index (χ0n) is 22.7. The van der Waals surface area contributed by atoms with E-state index in [9.17, 15) is 5.26 Å². The Morgan fingerprint density at radius 1 is 1.11 bits per heavy atom. The van der Waals surface area contributed by atoms with Gasteiger partial charge in [-0.1, -0.05) is 49.6 Å². The lowest BCUT2D eigenvalue weighted by molar-refractivity contribution is 0.105. The van der Waals surface area contributed by atoms with Gasteiger partial charge in [0, 0.05) is 30.6 Å². The summed E-state index contributed by atoms with van der Waals surface area (Å²) >= 11 is 0. The quantitative estimate of drug-likeness (QED) is 0.277. The second-order valence-electron chi connectivity index (χ2n) is 10.4. The van der Waals surface area contributed by atoms with Crippen molar-refractivity contribution >= 4 is 5.57 Å². The standard InChI is InChI=1S/C33H38N2O3/c1-3-36-28(22-34)21-27-11-7-13-30-29(27)12-8-14-32(30)37-20-19-31-23(2)38-33(35-31)26-17-15-25(16-18-26)24-9-5-4-6-10-24/h8,11-12,14-18,24,28H,3-7,9-10,13,19-21H2,1-2H3. The van der Waals surface area contributed by atoms with Gasteiger partial charge >= 0.3 is 0 Å². The van der Waals surface area contributed by atoms with Crippen LogP contribution in [0.5, 0.6) is 5.75 Å². The lowest BCUT2D eigenvalue weighted by Gasteiger charge is -2.22. The fraction of sp³-hybridized carbons (Fsp3) is 0.455. The molecule has 198 valence electrons. The second-order valence-corrected chi connectivity index (χ2v) is 10.4. The molecule has 1 atom stereocenters. The Hall–Kier alpha value is -3.36. The first kappa shape index (κ1) is 26.3. The van der Waals surface area contributed by atoms with Crippen LogP contribution in [0.2, 0.25) is 0 Å². The fourth-order valence-electron chi connectivity index (χ4n) is 5.87. The van der Waals surface area contributed by atoms with Crippen molar-refractivity contribution in [2.24, 2.45) is 0 Å². The number of hydrogen-bond acceptors (Lipinski definition) is 5. The van der Waals surface area contributed by atoms with E-state index in [2.05, 4.69) is 42.5 Å². The maximum absolute atomic E-state index is 9.44. The smallest absolute Gasteiger partial charge is 0.226 e. The molecule has 0 amide bonds. The first-order valence-electron chi connectivity index (χ1n) is 14.2. The summed E-state index contributed by atoms with van der Waals surface area (Å²) in [5.74, 6) is 3.14. The molecule has 1 aromatic heterocycles. The van der Waals surface area contributed by atoms with Gasteiger partial charge in [0.25, 0.3) is 0 Å². The number of rotatable bonds is 10. The molecule has 5 rings (SSSR count). The molecule has 1 saturated carbocycles. The zero-order valence-corrected chi connectivity index (χ0v) is 22.7. The van der Waals surface area contributed by atoms with Gasteiger partial charge in [0.2, 0.25) is 5.89 Å². The predicted molar refractivity (Wildman–Crippen MR) is 150 cm³/mol. The van der Waals surface area contributed by atoms with Crippen LogP contribution in [-0.4, -0.2) is 24.3 Å². The van der Waals surface area contributed by atoms with E-state index in [1.54, 1.807) is 0 Å². The van der Waals surface area contributed by atoms with E-state index in [4.69, 9.17) is 18.9 Å². The SMILES string of the molecule is CCOC(C#N)CC1=CCCc2c(OCCc3nc(-c4ccc(C5CCCCC5)cc4)oc3C)cccc21. The average molecular weight is 511 g/mol. The van der Waals surface area contributed by atoms with Crippen LogP contribution < -0.4 is 4.74 Å². The average Bonchev–Trinajstić information content (AvgIpc) is 3.33. The van der Waals surface area contributed by atoms with Gasteiger partial charge in [-0.3, -0.25) is 0 Å². The molecule has 0 aliphatic heterocycles. The highest BCUT2D eigenvalue weighted by Gasteiger charge is 2.21. The van der Waals surface area contributed by atoms with Crippen molar-refractivity contribution < 1.29 is 13.9 Å². The lowest BCUT2D eigenvalue weighted by Crippen LogP contribution is -2.13. The van der Waals surface area contributed by atoms with E-state index in [1.165, 1.54) is 54.4 Å². The molecule has 0 N–H and O–H groups in total. The predicted octanol–water partition coefficient (Wildman–Crippen LogP) is 7.97. The molecule has 2 aliphatic rings. The van der Waals surface area contributed by atoms with Crippen molar-refractivity contribution in [3.05, 3.63) is 76.7 Å². The highest BCUT2D eigenvalue weighted by Crippen LogP contribution is 2.36. The van der Waals surface area contributed by atoms with Crippen molar-refractivity contribution in [3.8, 4) is 23.3 Å². The molecule has 5 nitrogen and oxygen atoms in total. The zero-order chi connectivity index (χ0) is 26.3. The van der Waals surface area contributed by atoms with Crippen molar-refractivity contribution in [2.75, 3.05) is 13.2 Å². The van der Waals surface area contributed by atoms with Crippen LogP contribution in [0.3, 0.4) is 0 Å². The summed E-state index contributed by atoms with van der Waals surface area (Å²) in [5, 5.41) is 9.44. The first-order chi connectivity index (χ1) is 18.7. The van der Waals surface area contributed by atoms with Crippen LogP contribution in [-0.2, 0) is 17.6 Å². The molecule has 5 heteroatoms. The van der Waals surface area contributed by atoms with Gasteiger partial charge in [-0.25, -0.2) is 4.98 Å². The van der Waals surface area contributed by atoms with Crippen molar-refractivity contribution in [1.29, 1.82) is 5.26 Å². The molecule has 0 saturated heterocycles. The van der Waals surface area contributed by atoms with E-state index in [-0.39, 0.29) is 0 Å². The molecule has 1 heterocycles. The number of aryl methyl sites for hydroxylation is 1. The molecular weight excluding hydrogens is 472 g/mol. The summed E-state index contributed by atoms with van der Waals surface area (Å²) in [7, 11) is 0. The first-order valence-corrected chi connectivity index (χ1v) is 14.2. The lowest BCUT2D eigenvalue weighted by atomic mass is 9.84. The Bertz CT molecular complexity index is 1290. The number of nitriles is 1. The molecule has 0 radical (unpaired) electrons. The van der Waals surface area contributed by atoms with Crippen molar-refractivity contribution in [2.45, 2.75) is 83.7 Å². The van der Waals surface area contributed by atoms with Crippen LogP contribution in [0.4, 0.5) is 0 Å². The molecule has 1 fully saturated rings. The van der Waals surface area contributed by atoms with Gasteiger partial charge in [-0.2, -0.15) is 5.26 Å². The maximum atomic E-state index is 9.44. The molecule has 0 spiro atoms. The minimum atomic E-state index is -0.422. The summed E-state index contributed by atoms with van der Waals surface area (Å²) in [6.07, 6.45) is 11.6. The van der Waals surface area contributed by atoms with Crippen LogP contribution in [0.15, 0.2) is 53.0 Å². The third kappa shape index (κ3) is 6.03. The summed E-state index contributed by atoms with van der Waals surface area (Å²) in [6, 6.07) is 17.3. The third-order valence-electron chi connectivity index (χ3n) is 7.90. The Morgan fingerprint density at radius 2 is 1.92 bits per heavy atom. The number of nitrogens with zero attached hydrogens (tertiary/aromatic N) is 2. The number of fused-ring (bicyclic) bond motifs is 1. The van der Waals surface area contributed by atoms with Crippen LogP contribution in [0, 0.1) is 18.3 Å². The van der Waals surface area contributed by atoms with E-state index in [0.29, 0.717) is 37.9 Å². The molecule has 0 bridgehead atoms. The summed E-state index contributed by atoms with van der Waals surface area (Å²) in [4.78, 5) is 4.81. The van der Waals surface area contributed by atoms with Gasteiger partial charge in [0.15, 0.2) is 0 Å². The molecule has 3 aromatic rings. The van der Waals surface area contributed by atoms with E-state index < -0.39 is 6.10 Å². The Labute approximate surface area is 226 Å². The van der Waals surface area contributed by atoms with Crippen molar-refractivity contribution in [1.82, 2.24) is 4.98 Å². The Kier molecular flexibility index (Phi) is 8.61. The van der Waals surface area contributed by atoms with Crippen LogP contribution >= 0.6 is 0 Å². The van der Waals surface area contributed by atoms with E-state index >= 15 is 0 Å². The Balaban J connectivity index is 1.22. The minimum absolute atomic E-state index is 0.422. The molecule has 38 heavy (non-hydrogen) atoms. The largest absolute Gasteiger partial charge is 0.493 e. The van der Waals surface area contributed by atoms with Gasteiger partial charge < -0.3 is 13.9 Å². The second kappa shape index (κ2) is 12.5. The third-order valence-corrected chi connectivity index (χ3v) is 7.90. The summed E-state index contributed by atoms with van der Waals surface area (Å²) in [6.45, 7) is 4.97. The number of allylic oxidation sites excluding steroid dienone is 1. The van der Waals surface area contributed by atoms with Crippen LogP contribution in [0.1, 0.15) is 85.9 Å². The topological polar surface area (TPSA) is 68.3 Å². The number of benzene rings is 2. The van der Waals surface area contributed by atoms with Gasteiger partial charge in [0.05, 0.1) is 18.4 Å².